The maximum atomic E-state index is 11.4. The van der Waals surface area contributed by atoms with E-state index in [4.69, 9.17) is 4.42 Å². The Morgan fingerprint density at radius 1 is 1.29 bits per heavy atom. The summed E-state index contributed by atoms with van der Waals surface area (Å²) in [6.07, 6.45) is 0. The molecule has 1 aromatic carbocycles. The van der Waals surface area contributed by atoms with Crippen LogP contribution in [0.25, 0.3) is 11.0 Å². The molecule has 2 rings (SSSR count). The van der Waals surface area contributed by atoms with Gasteiger partial charge in [-0.25, -0.2) is 9.79 Å². The molecule has 0 N–H and O–H groups in total. The minimum Gasteiger partial charge on any atom is -0.423 e. The van der Waals surface area contributed by atoms with Gasteiger partial charge in [-0.2, -0.15) is 0 Å². The summed E-state index contributed by atoms with van der Waals surface area (Å²) >= 11 is 0. The van der Waals surface area contributed by atoms with Gasteiger partial charge in [0, 0.05) is 19.5 Å². The first-order valence-corrected chi connectivity index (χ1v) is 5.33. The highest BCUT2D eigenvalue weighted by Crippen LogP contribution is 2.23. The van der Waals surface area contributed by atoms with Crippen LogP contribution >= 0.6 is 0 Å². The Labute approximate surface area is 99.2 Å². The van der Waals surface area contributed by atoms with Gasteiger partial charge in [0.25, 0.3) is 0 Å². The molecule has 0 saturated heterocycles. The number of benzene rings is 1. The van der Waals surface area contributed by atoms with E-state index in [1.807, 2.05) is 44.1 Å². The van der Waals surface area contributed by atoms with Gasteiger partial charge in [0.2, 0.25) is 0 Å². The summed E-state index contributed by atoms with van der Waals surface area (Å²) in [5, 5.41) is 0.841. The standard InChI is InChI=1S/C13H14N2O2/c1-9(15(2)3)14-11-8-13(16)17-12-7-5-4-6-10(11)12/h4-8H,1-3H3. The fraction of sp³-hybridized carbons (Fsp3) is 0.231. The van der Waals surface area contributed by atoms with Crippen LogP contribution in [0.15, 0.2) is 44.5 Å². The van der Waals surface area contributed by atoms with E-state index >= 15 is 0 Å². The number of hydrogen-bond donors (Lipinski definition) is 0. The second kappa shape index (κ2) is 4.41. The predicted octanol–water partition coefficient (Wildman–Crippen LogP) is 2.40. The van der Waals surface area contributed by atoms with E-state index in [0.29, 0.717) is 11.3 Å². The molecule has 4 heteroatoms. The lowest BCUT2D eigenvalue weighted by molar-refractivity contribution is 0.561. The van der Waals surface area contributed by atoms with E-state index in [0.717, 1.165) is 11.2 Å². The molecule has 0 atom stereocenters. The van der Waals surface area contributed by atoms with Gasteiger partial charge < -0.3 is 9.32 Å². The van der Waals surface area contributed by atoms with Gasteiger partial charge in [-0.15, -0.1) is 0 Å². The number of para-hydroxylation sites is 1. The van der Waals surface area contributed by atoms with Crippen molar-refractivity contribution in [2.24, 2.45) is 4.99 Å². The van der Waals surface area contributed by atoms with Gasteiger partial charge in [0.1, 0.15) is 11.4 Å². The lowest BCUT2D eigenvalue weighted by Gasteiger charge is -2.11. The van der Waals surface area contributed by atoms with E-state index in [9.17, 15) is 4.79 Å². The topological polar surface area (TPSA) is 45.8 Å². The van der Waals surface area contributed by atoms with E-state index in [2.05, 4.69) is 4.99 Å². The van der Waals surface area contributed by atoms with Crippen LogP contribution in [0.3, 0.4) is 0 Å². The molecular weight excluding hydrogens is 216 g/mol. The molecule has 2 aromatic rings. The van der Waals surface area contributed by atoms with Crippen molar-refractivity contribution < 1.29 is 4.42 Å². The van der Waals surface area contributed by atoms with Crippen LogP contribution in [-0.2, 0) is 0 Å². The highest BCUT2D eigenvalue weighted by molar-refractivity contribution is 5.92. The fourth-order valence-corrected chi connectivity index (χ4v) is 1.46. The zero-order chi connectivity index (χ0) is 12.4. The summed E-state index contributed by atoms with van der Waals surface area (Å²) < 4.78 is 5.11. The molecule has 0 aliphatic heterocycles. The van der Waals surface area contributed by atoms with Crippen LogP contribution in [0.5, 0.6) is 0 Å². The van der Waals surface area contributed by atoms with Crippen molar-refractivity contribution in [3.63, 3.8) is 0 Å². The first-order valence-electron chi connectivity index (χ1n) is 5.33. The number of aliphatic imine (C=N–C) groups is 1. The molecule has 0 unspecified atom stereocenters. The third-order valence-electron chi connectivity index (χ3n) is 2.56. The van der Waals surface area contributed by atoms with Crippen LogP contribution in [0.2, 0.25) is 0 Å². The molecule has 0 aliphatic rings. The molecule has 0 bridgehead atoms. The van der Waals surface area contributed by atoms with Crippen LogP contribution in [0.1, 0.15) is 6.92 Å². The van der Waals surface area contributed by atoms with Crippen LogP contribution < -0.4 is 5.63 Å². The highest BCUT2D eigenvalue weighted by Gasteiger charge is 2.04. The lowest BCUT2D eigenvalue weighted by atomic mass is 10.2. The molecule has 17 heavy (non-hydrogen) atoms. The third-order valence-corrected chi connectivity index (χ3v) is 2.56. The molecule has 88 valence electrons. The van der Waals surface area contributed by atoms with Gasteiger partial charge in [-0.1, -0.05) is 12.1 Å². The second-order valence-electron chi connectivity index (χ2n) is 4.00. The molecular formula is C13H14N2O2. The van der Waals surface area contributed by atoms with E-state index in [1.165, 1.54) is 6.07 Å². The van der Waals surface area contributed by atoms with Crippen molar-refractivity contribution in [2.45, 2.75) is 6.92 Å². The summed E-state index contributed by atoms with van der Waals surface area (Å²) in [4.78, 5) is 17.7. The second-order valence-corrected chi connectivity index (χ2v) is 4.00. The van der Waals surface area contributed by atoms with Crippen molar-refractivity contribution in [1.82, 2.24) is 4.90 Å². The van der Waals surface area contributed by atoms with Crippen molar-refractivity contribution in [2.75, 3.05) is 14.1 Å². The van der Waals surface area contributed by atoms with E-state index in [1.54, 1.807) is 6.07 Å². The minimum absolute atomic E-state index is 0.381. The Balaban J connectivity index is 2.69. The average molecular weight is 230 g/mol. The monoisotopic (exact) mass is 230 g/mol. The van der Waals surface area contributed by atoms with Crippen LogP contribution in [0, 0.1) is 0 Å². The first kappa shape index (κ1) is 11.4. The largest absolute Gasteiger partial charge is 0.423 e. The predicted molar refractivity (Wildman–Crippen MR) is 68.9 cm³/mol. The smallest absolute Gasteiger partial charge is 0.338 e. The molecule has 0 aliphatic carbocycles. The van der Waals surface area contributed by atoms with E-state index < -0.39 is 0 Å². The highest BCUT2D eigenvalue weighted by atomic mass is 16.4. The number of fused-ring (bicyclic) bond motifs is 1. The molecule has 0 spiro atoms. The average Bonchev–Trinajstić information content (AvgIpc) is 2.28. The Morgan fingerprint density at radius 2 is 2.00 bits per heavy atom. The van der Waals surface area contributed by atoms with Crippen molar-refractivity contribution >= 4 is 22.5 Å². The Hall–Kier alpha value is -2.10. The summed E-state index contributed by atoms with van der Waals surface area (Å²) in [5.41, 5.74) is 0.822. The van der Waals surface area contributed by atoms with Crippen molar-refractivity contribution in [3.8, 4) is 0 Å². The Morgan fingerprint density at radius 3 is 2.71 bits per heavy atom. The van der Waals surface area contributed by atoms with Gasteiger partial charge in [0.05, 0.1) is 11.8 Å². The summed E-state index contributed by atoms with van der Waals surface area (Å²) in [7, 11) is 3.82. The number of hydrogen-bond acceptors (Lipinski definition) is 3. The molecule has 1 heterocycles. The Kier molecular flexibility index (Phi) is 2.95. The quantitative estimate of drug-likeness (QED) is 0.429. The summed E-state index contributed by atoms with van der Waals surface area (Å²) in [6, 6.07) is 8.79. The fourth-order valence-electron chi connectivity index (χ4n) is 1.46. The number of nitrogens with zero attached hydrogens (tertiary/aromatic N) is 2. The van der Waals surface area contributed by atoms with Crippen molar-refractivity contribution in [1.29, 1.82) is 0 Å². The van der Waals surface area contributed by atoms with E-state index in [-0.39, 0.29) is 5.63 Å². The van der Waals surface area contributed by atoms with Crippen LogP contribution in [0.4, 0.5) is 5.69 Å². The molecule has 1 aromatic heterocycles. The van der Waals surface area contributed by atoms with Gasteiger partial charge in [0.15, 0.2) is 0 Å². The SMILES string of the molecule is CC(=Nc1cc(=O)oc2ccccc12)N(C)C. The van der Waals surface area contributed by atoms with Gasteiger partial charge in [-0.05, 0) is 19.1 Å². The molecule has 0 saturated carbocycles. The maximum Gasteiger partial charge on any atom is 0.338 e. The number of rotatable bonds is 1. The van der Waals surface area contributed by atoms with Crippen molar-refractivity contribution in [3.05, 3.63) is 40.8 Å². The molecule has 4 nitrogen and oxygen atoms in total. The summed E-state index contributed by atoms with van der Waals surface area (Å²) in [6.45, 7) is 1.89. The normalized spacial score (nSPS) is 11.8. The minimum atomic E-state index is -0.381. The molecule has 0 amide bonds. The Bertz CT molecular complexity index is 627. The third kappa shape index (κ3) is 2.36. The molecule has 0 fully saturated rings. The van der Waals surface area contributed by atoms with Gasteiger partial charge >= 0.3 is 5.63 Å². The lowest BCUT2D eigenvalue weighted by Crippen LogP contribution is -2.17. The maximum absolute atomic E-state index is 11.4. The summed E-state index contributed by atoms with van der Waals surface area (Å²) in [5.74, 6) is 0.834. The van der Waals surface area contributed by atoms with Crippen LogP contribution in [-0.4, -0.2) is 24.8 Å². The zero-order valence-corrected chi connectivity index (χ0v) is 10.1. The number of amidine groups is 1. The molecule has 0 radical (unpaired) electrons. The zero-order valence-electron chi connectivity index (χ0n) is 10.1. The van der Waals surface area contributed by atoms with Gasteiger partial charge in [-0.3, -0.25) is 0 Å². The first-order chi connectivity index (χ1) is 8.08.